The molecule has 3 heteroatoms. The maximum absolute atomic E-state index is 3.65. The molecular formula is C12H21BBrP. The highest BCUT2D eigenvalue weighted by atomic mass is 79.9. The summed E-state index contributed by atoms with van der Waals surface area (Å²) in [6.45, 7) is 9.30. The first-order valence-electron chi connectivity index (χ1n) is 5.07. The molecule has 0 bridgehead atoms. The first kappa shape index (κ1) is 15.2. The van der Waals surface area contributed by atoms with E-state index >= 15 is 0 Å². The van der Waals surface area contributed by atoms with Gasteiger partial charge in [-0.15, -0.1) is 0 Å². The molecule has 84 valence electrons. The van der Waals surface area contributed by atoms with Gasteiger partial charge in [-0.25, -0.2) is 0 Å². The summed E-state index contributed by atoms with van der Waals surface area (Å²) in [6, 6.07) is 8.63. The Morgan fingerprint density at radius 1 is 1.00 bits per heavy atom. The summed E-state index contributed by atoms with van der Waals surface area (Å²) < 4.78 is 1.27. The van der Waals surface area contributed by atoms with Gasteiger partial charge in [-0.1, -0.05) is 69.7 Å². The lowest BCUT2D eigenvalue weighted by Gasteiger charge is -2.27. The van der Waals surface area contributed by atoms with E-state index in [1.54, 1.807) is 0 Å². The van der Waals surface area contributed by atoms with Crippen molar-refractivity contribution >= 4 is 37.6 Å². The van der Waals surface area contributed by atoms with Crippen LogP contribution in [0.2, 0.25) is 0 Å². The van der Waals surface area contributed by atoms with Crippen molar-refractivity contribution in [2.24, 2.45) is 0 Å². The van der Waals surface area contributed by atoms with Crippen LogP contribution in [0, 0.1) is 0 Å². The van der Waals surface area contributed by atoms with Crippen molar-refractivity contribution in [1.29, 1.82) is 0 Å². The Morgan fingerprint density at radius 2 is 1.47 bits per heavy atom. The second-order valence-corrected chi connectivity index (χ2v) is 8.26. The van der Waals surface area contributed by atoms with E-state index in [0.29, 0.717) is 0 Å². The van der Waals surface area contributed by atoms with Crippen molar-refractivity contribution < 1.29 is 0 Å². The zero-order valence-corrected chi connectivity index (χ0v) is 11.8. The van der Waals surface area contributed by atoms with Gasteiger partial charge in [-0.3, -0.25) is 0 Å². The predicted molar refractivity (Wildman–Crippen MR) is 80.9 cm³/mol. The molecule has 0 aliphatic carbocycles. The number of hydrogen-bond acceptors (Lipinski definition) is 0. The molecule has 0 aliphatic rings. The lowest BCUT2D eigenvalue weighted by atomic mass is 10.4. The number of halogens is 1. The Bertz CT molecular complexity index is 291. The van der Waals surface area contributed by atoms with E-state index in [9.17, 15) is 0 Å². The Balaban J connectivity index is 0.00000196. The smallest absolute Gasteiger partial charge is 0.0688 e. The van der Waals surface area contributed by atoms with Crippen LogP contribution in [0.4, 0.5) is 0 Å². The summed E-state index contributed by atoms with van der Waals surface area (Å²) in [4.78, 5) is 0. The second kappa shape index (κ2) is 6.71. The first-order valence-corrected chi connectivity index (χ1v) is 7.34. The van der Waals surface area contributed by atoms with Gasteiger partial charge in [-0.2, -0.15) is 0 Å². The Morgan fingerprint density at radius 3 is 1.87 bits per heavy atom. The van der Waals surface area contributed by atoms with Crippen LogP contribution in [0.15, 0.2) is 28.7 Å². The van der Waals surface area contributed by atoms with Crippen molar-refractivity contribution in [3.05, 3.63) is 28.7 Å². The van der Waals surface area contributed by atoms with Gasteiger partial charge < -0.3 is 0 Å². The summed E-state index contributed by atoms with van der Waals surface area (Å²) in [5, 5.41) is 1.51. The van der Waals surface area contributed by atoms with Crippen LogP contribution < -0.4 is 5.30 Å². The molecule has 0 spiro atoms. The third-order valence-corrected chi connectivity index (χ3v) is 6.41. The standard InChI is InChI=1S/C12H18BrP.BH3/c1-9(2)14(10(3)4)12-8-6-5-7-11(12)13;/h5-10H,1-4H3;1H3. The number of hydrogen-bond donors (Lipinski definition) is 0. The Labute approximate surface area is 105 Å². The molecule has 0 atom stereocenters. The molecule has 0 amide bonds. The van der Waals surface area contributed by atoms with Gasteiger partial charge in [0, 0.05) is 4.47 Å². The van der Waals surface area contributed by atoms with E-state index < -0.39 is 0 Å². The molecule has 0 fully saturated rings. The average molecular weight is 287 g/mol. The normalized spacial score (nSPS) is 10.9. The second-order valence-electron chi connectivity index (χ2n) is 4.05. The van der Waals surface area contributed by atoms with Crippen molar-refractivity contribution in [1.82, 2.24) is 0 Å². The lowest BCUT2D eigenvalue weighted by molar-refractivity contribution is 1.02. The van der Waals surface area contributed by atoms with E-state index in [-0.39, 0.29) is 16.3 Å². The molecule has 0 radical (unpaired) electrons. The van der Waals surface area contributed by atoms with Gasteiger partial charge >= 0.3 is 0 Å². The highest BCUT2D eigenvalue weighted by Crippen LogP contribution is 2.46. The molecule has 0 aliphatic heterocycles. The largest absolute Gasteiger partial charge is 0.0814 e. The van der Waals surface area contributed by atoms with Crippen LogP contribution in [0.25, 0.3) is 0 Å². The van der Waals surface area contributed by atoms with Gasteiger partial charge in [0.25, 0.3) is 0 Å². The van der Waals surface area contributed by atoms with Crippen molar-refractivity contribution in [2.75, 3.05) is 0 Å². The van der Waals surface area contributed by atoms with Crippen LogP contribution in [0.5, 0.6) is 0 Å². The molecule has 1 aromatic carbocycles. The van der Waals surface area contributed by atoms with Gasteiger partial charge in [0.15, 0.2) is 0 Å². The third-order valence-electron chi connectivity index (χ3n) is 2.24. The maximum Gasteiger partial charge on any atom is 0.0814 e. The Hall–Kier alpha value is 0.195. The van der Waals surface area contributed by atoms with E-state index in [4.69, 9.17) is 0 Å². The zero-order chi connectivity index (χ0) is 10.7. The highest BCUT2D eigenvalue weighted by molar-refractivity contribution is 9.10. The van der Waals surface area contributed by atoms with E-state index in [2.05, 4.69) is 67.9 Å². The minimum atomic E-state index is -0.0415. The molecule has 0 unspecified atom stereocenters. The van der Waals surface area contributed by atoms with Crippen LogP contribution in [-0.4, -0.2) is 19.7 Å². The molecule has 0 nitrogen and oxygen atoms in total. The topological polar surface area (TPSA) is 0 Å². The van der Waals surface area contributed by atoms with E-state index in [1.165, 1.54) is 9.78 Å². The number of benzene rings is 1. The molecule has 1 aromatic rings. The van der Waals surface area contributed by atoms with E-state index in [0.717, 1.165) is 11.3 Å². The fourth-order valence-corrected chi connectivity index (χ4v) is 5.60. The van der Waals surface area contributed by atoms with Crippen molar-refractivity contribution in [2.45, 2.75) is 39.0 Å². The van der Waals surface area contributed by atoms with Crippen LogP contribution >= 0.6 is 23.9 Å². The first-order chi connectivity index (χ1) is 6.54. The summed E-state index contributed by atoms with van der Waals surface area (Å²) in [7, 11) is -0.0415. The van der Waals surface area contributed by atoms with Gasteiger partial charge in [0.1, 0.15) is 0 Å². The minimum Gasteiger partial charge on any atom is -0.0688 e. The molecular weight excluding hydrogens is 266 g/mol. The summed E-state index contributed by atoms with van der Waals surface area (Å²) in [5.74, 6) is 0. The molecule has 0 N–H and O–H groups in total. The summed E-state index contributed by atoms with van der Waals surface area (Å²) in [5.41, 5.74) is 1.51. The van der Waals surface area contributed by atoms with Gasteiger partial charge in [0.05, 0.1) is 8.41 Å². The Kier molecular flexibility index (Phi) is 6.79. The van der Waals surface area contributed by atoms with Crippen molar-refractivity contribution in [3.8, 4) is 0 Å². The predicted octanol–water partition coefficient (Wildman–Crippen LogP) is 3.19. The number of rotatable bonds is 3. The fraction of sp³-hybridized carbons (Fsp3) is 0.500. The fourth-order valence-electron chi connectivity index (χ4n) is 1.81. The molecule has 0 saturated carbocycles. The molecule has 0 heterocycles. The minimum absolute atomic E-state index is 0. The van der Waals surface area contributed by atoms with Crippen LogP contribution in [-0.2, 0) is 0 Å². The maximum atomic E-state index is 3.65. The van der Waals surface area contributed by atoms with E-state index in [1.807, 2.05) is 0 Å². The van der Waals surface area contributed by atoms with Crippen LogP contribution in [0.3, 0.4) is 0 Å². The van der Waals surface area contributed by atoms with Crippen LogP contribution in [0.1, 0.15) is 27.7 Å². The SMILES string of the molecule is B.CC(C)P(c1ccccc1Br)C(C)C. The molecule has 1 rings (SSSR count). The molecule has 15 heavy (non-hydrogen) atoms. The lowest BCUT2D eigenvalue weighted by Crippen LogP contribution is -2.15. The zero-order valence-electron chi connectivity index (χ0n) is 9.29. The molecule has 0 saturated heterocycles. The monoisotopic (exact) mass is 286 g/mol. The molecule has 0 aromatic heterocycles. The van der Waals surface area contributed by atoms with Gasteiger partial charge in [-0.05, 0) is 22.7 Å². The summed E-state index contributed by atoms with van der Waals surface area (Å²) in [6.07, 6.45) is 0. The highest BCUT2D eigenvalue weighted by Gasteiger charge is 2.20. The van der Waals surface area contributed by atoms with Gasteiger partial charge in [0.2, 0.25) is 0 Å². The average Bonchev–Trinajstić information content (AvgIpc) is 2.07. The quantitative estimate of drug-likeness (QED) is 0.591. The summed E-state index contributed by atoms with van der Waals surface area (Å²) >= 11 is 3.65. The van der Waals surface area contributed by atoms with Crippen molar-refractivity contribution in [3.63, 3.8) is 0 Å². The third kappa shape index (κ3) is 3.92.